The molecule has 76 valence electrons. The molecule has 3 nitrogen and oxygen atoms in total. The van der Waals surface area contributed by atoms with Gasteiger partial charge in [-0.25, -0.2) is 0 Å². The Balaban J connectivity index is 2.47. The molecule has 1 aliphatic rings. The quantitative estimate of drug-likeness (QED) is 0.648. The Morgan fingerprint density at radius 2 is 2.00 bits per heavy atom. The zero-order valence-corrected chi connectivity index (χ0v) is 8.60. The van der Waals surface area contributed by atoms with Crippen LogP contribution in [-0.2, 0) is 4.79 Å². The lowest BCUT2D eigenvalue weighted by Gasteiger charge is -2.29. The van der Waals surface area contributed by atoms with Gasteiger partial charge in [0.05, 0.1) is 5.54 Å². The molecule has 0 aromatic carbocycles. The summed E-state index contributed by atoms with van der Waals surface area (Å²) >= 11 is 0. The lowest BCUT2D eigenvalue weighted by Crippen LogP contribution is -2.55. The molecule has 0 bridgehead atoms. The smallest absolute Gasteiger partial charge is 0.237 e. The molecule has 0 aliphatic heterocycles. The number of amides is 1. The van der Waals surface area contributed by atoms with Crippen molar-refractivity contribution < 1.29 is 4.79 Å². The zero-order chi connectivity index (χ0) is 9.90. The molecule has 0 heterocycles. The molecule has 1 saturated carbocycles. The average molecular weight is 184 g/mol. The van der Waals surface area contributed by atoms with Crippen molar-refractivity contribution in [1.82, 2.24) is 5.32 Å². The summed E-state index contributed by atoms with van der Waals surface area (Å²) in [5.41, 5.74) is 4.94. The van der Waals surface area contributed by atoms with Crippen LogP contribution in [-0.4, -0.2) is 18.0 Å². The zero-order valence-electron chi connectivity index (χ0n) is 8.60. The summed E-state index contributed by atoms with van der Waals surface area (Å²) in [6.07, 6.45) is 4.17. The van der Waals surface area contributed by atoms with Crippen molar-refractivity contribution in [1.29, 1.82) is 0 Å². The van der Waals surface area contributed by atoms with Crippen molar-refractivity contribution >= 4 is 5.91 Å². The standard InChI is InChI=1S/C10H20N2O/c1-3-10(4-2,9(11)13)12-7-8-5-6-8/h8,12H,3-7H2,1-2H3,(H2,11,13). The Labute approximate surface area is 80.1 Å². The normalized spacial score (nSPS) is 17.4. The lowest BCUT2D eigenvalue weighted by atomic mass is 9.92. The first-order valence-corrected chi connectivity index (χ1v) is 5.19. The first kappa shape index (κ1) is 10.5. The van der Waals surface area contributed by atoms with E-state index in [1.54, 1.807) is 0 Å². The van der Waals surface area contributed by atoms with Gasteiger partial charge in [0.2, 0.25) is 5.91 Å². The predicted molar refractivity (Wildman–Crippen MR) is 53.2 cm³/mol. The van der Waals surface area contributed by atoms with Gasteiger partial charge in [0.1, 0.15) is 0 Å². The molecule has 13 heavy (non-hydrogen) atoms. The highest BCUT2D eigenvalue weighted by Crippen LogP contribution is 2.29. The van der Waals surface area contributed by atoms with E-state index in [4.69, 9.17) is 5.73 Å². The van der Waals surface area contributed by atoms with Crippen LogP contribution < -0.4 is 11.1 Å². The summed E-state index contributed by atoms with van der Waals surface area (Å²) in [6, 6.07) is 0. The van der Waals surface area contributed by atoms with Gasteiger partial charge in [0.15, 0.2) is 0 Å². The number of nitrogens with one attached hydrogen (secondary N) is 1. The molecule has 1 amide bonds. The number of hydrogen-bond acceptors (Lipinski definition) is 2. The van der Waals surface area contributed by atoms with Crippen LogP contribution in [0, 0.1) is 5.92 Å². The van der Waals surface area contributed by atoms with Crippen molar-refractivity contribution in [3.05, 3.63) is 0 Å². The lowest BCUT2D eigenvalue weighted by molar-refractivity contribution is -0.124. The van der Waals surface area contributed by atoms with Crippen molar-refractivity contribution in [2.75, 3.05) is 6.54 Å². The highest BCUT2D eigenvalue weighted by Gasteiger charge is 2.34. The van der Waals surface area contributed by atoms with Crippen molar-refractivity contribution in [3.63, 3.8) is 0 Å². The summed E-state index contributed by atoms with van der Waals surface area (Å²) in [6.45, 7) is 4.97. The molecule has 0 spiro atoms. The summed E-state index contributed by atoms with van der Waals surface area (Å²) in [5, 5.41) is 3.32. The van der Waals surface area contributed by atoms with E-state index in [9.17, 15) is 4.79 Å². The Kier molecular flexibility index (Phi) is 3.31. The highest BCUT2D eigenvalue weighted by molar-refractivity contribution is 5.84. The third-order valence-electron chi connectivity index (χ3n) is 3.10. The van der Waals surface area contributed by atoms with Gasteiger partial charge in [-0.15, -0.1) is 0 Å². The number of rotatable bonds is 6. The van der Waals surface area contributed by atoms with E-state index in [2.05, 4.69) is 5.32 Å². The van der Waals surface area contributed by atoms with Crippen LogP contribution in [0.4, 0.5) is 0 Å². The van der Waals surface area contributed by atoms with Gasteiger partial charge in [0.25, 0.3) is 0 Å². The summed E-state index contributed by atoms with van der Waals surface area (Å²) in [5.74, 6) is 0.579. The third kappa shape index (κ3) is 2.44. The molecule has 0 unspecified atom stereocenters. The van der Waals surface area contributed by atoms with Gasteiger partial charge in [0, 0.05) is 0 Å². The SMILES string of the molecule is CCC(CC)(NCC1CC1)C(N)=O. The maximum Gasteiger partial charge on any atom is 0.237 e. The minimum atomic E-state index is -0.456. The number of carbonyl (C=O) groups excluding carboxylic acids is 1. The molecule has 3 heteroatoms. The van der Waals surface area contributed by atoms with E-state index in [-0.39, 0.29) is 5.91 Å². The van der Waals surface area contributed by atoms with E-state index in [1.165, 1.54) is 12.8 Å². The van der Waals surface area contributed by atoms with Crippen LogP contribution in [0.1, 0.15) is 39.5 Å². The van der Waals surface area contributed by atoms with Gasteiger partial charge < -0.3 is 11.1 Å². The Hall–Kier alpha value is -0.570. The van der Waals surface area contributed by atoms with Crippen LogP contribution in [0.25, 0.3) is 0 Å². The fourth-order valence-corrected chi connectivity index (χ4v) is 1.60. The maximum atomic E-state index is 11.3. The van der Waals surface area contributed by atoms with Crippen molar-refractivity contribution in [2.24, 2.45) is 11.7 Å². The summed E-state index contributed by atoms with van der Waals surface area (Å²) < 4.78 is 0. The molecular formula is C10H20N2O. The van der Waals surface area contributed by atoms with Gasteiger partial charge in [-0.05, 0) is 38.1 Å². The minimum Gasteiger partial charge on any atom is -0.368 e. The molecular weight excluding hydrogens is 164 g/mol. The molecule has 0 radical (unpaired) electrons. The second kappa shape index (κ2) is 4.09. The van der Waals surface area contributed by atoms with E-state index in [0.717, 1.165) is 25.3 Å². The van der Waals surface area contributed by atoms with Crippen molar-refractivity contribution in [3.8, 4) is 0 Å². The second-order valence-corrected chi connectivity index (χ2v) is 3.98. The molecule has 0 atom stereocenters. The summed E-state index contributed by atoms with van der Waals surface area (Å²) in [4.78, 5) is 11.3. The first-order chi connectivity index (χ1) is 6.14. The molecule has 3 N–H and O–H groups in total. The van der Waals surface area contributed by atoms with Gasteiger partial charge in [-0.2, -0.15) is 0 Å². The predicted octanol–water partition coefficient (Wildman–Crippen LogP) is 1.03. The Morgan fingerprint density at radius 3 is 2.31 bits per heavy atom. The average Bonchev–Trinajstić information content (AvgIpc) is 2.90. The minimum absolute atomic E-state index is 0.210. The van der Waals surface area contributed by atoms with E-state index < -0.39 is 5.54 Å². The van der Waals surface area contributed by atoms with E-state index >= 15 is 0 Å². The van der Waals surface area contributed by atoms with Crippen LogP contribution in [0.5, 0.6) is 0 Å². The second-order valence-electron chi connectivity index (χ2n) is 3.98. The van der Waals surface area contributed by atoms with Crippen molar-refractivity contribution in [2.45, 2.75) is 45.1 Å². The Morgan fingerprint density at radius 1 is 1.46 bits per heavy atom. The highest BCUT2D eigenvalue weighted by atomic mass is 16.1. The molecule has 1 fully saturated rings. The van der Waals surface area contributed by atoms with E-state index in [0.29, 0.717) is 0 Å². The summed E-state index contributed by atoms with van der Waals surface area (Å²) in [7, 11) is 0. The molecule has 1 aliphatic carbocycles. The third-order valence-corrected chi connectivity index (χ3v) is 3.10. The first-order valence-electron chi connectivity index (χ1n) is 5.19. The molecule has 0 aromatic rings. The molecule has 0 aromatic heterocycles. The molecule has 1 rings (SSSR count). The van der Waals surface area contributed by atoms with Gasteiger partial charge in [-0.3, -0.25) is 4.79 Å². The number of nitrogens with two attached hydrogens (primary N) is 1. The molecule has 0 saturated heterocycles. The fraction of sp³-hybridized carbons (Fsp3) is 0.900. The van der Waals surface area contributed by atoms with Crippen LogP contribution in [0.15, 0.2) is 0 Å². The number of primary amides is 1. The topological polar surface area (TPSA) is 55.1 Å². The van der Waals surface area contributed by atoms with Gasteiger partial charge in [-0.1, -0.05) is 13.8 Å². The van der Waals surface area contributed by atoms with Crippen LogP contribution in [0.2, 0.25) is 0 Å². The largest absolute Gasteiger partial charge is 0.368 e. The monoisotopic (exact) mass is 184 g/mol. The van der Waals surface area contributed by atoms with Gasteiger partial charge >= 0.3 is 0 Å². The Bertz CT molecular complexity index is 183. The maximum absolute atomic E-state index is 11.3. The number of hydrogen-bond donors (Lipinski definition) is 2. The number of carbonyl (C=O) groups is 1. The van der Waals surface area contributed by atoms with Crippen LogP contribution in [0.3, 0.4) is 0 Å². The van der Waals surface area contributed by atoms with Crippen LogP contribution >= 0.6 is 0 Å². The van der Waals surface area contributed by atoms with E-state index in [1.807, 2.05) is 13.8 Å². The fourth-order valence-electron chi connectivity index (χ4n) is 1.60.